The highest BCUT2D eigenvalue weighted by molar-refractivity contribution is 5.91. The molecule has 6 nitrogen and oxygen atoms in total. The molecule has 7 heteroatoms. The van der Waals surface area contributed by atoms with Crippen LogP contribution in [-0.2, 0) is 9.59 Å². The van der Waals surface area contributed by atoms with Crippen molar-refractivity contribution in [3.63, 3.8) is 0 Å². The molecule has 0 bridgehead atoms. The quantitative estimate of drug-likeness (QED) is 0.686. The van der Waals surface area contributed by atoms with Crippen LogP contribution in [0.1, 0.15) is 6.42 Å². The summed E-state index contributed by atoms with van der Waals surface area (Å²) in [4.78, 5) is 24.8. The molecule has 0 aromatic heterocycles. The molecule has 0 aliphatic carbocycles. The highest BCUT2D eigenvalue weighted by atomic mass is 19.1. The first-order chi connectivity index (χ1) is 9.54. The van der Waals surface area contributed by atoms with E-state index in [2.05, 4.69) is 10.6 Å². The van der Waals surface area contributed by atoms with Gasteiger partial charge in [-0.1, -0.05) is 0 Å². The maximum absolute atomic E-state index is 13.0. The van der Waals surface area contributed by atoms with E-state index in [9.17, 15) is 14.0 Å². The summed E-state index contributed by atoms with van der Waals surface area (Å²) >= 11 is 0. The van der Waals surface area contributed by atoms with Crippen LogP contribution in [0.15, 0.2) is 18.2 Å². The van der Waals surface area contributed by atoms with Crippen LogP contribution in [-0.4, -0.2) is 42.9 Å². The van der Waals surface area contributed by atoms with Crippen LogP contribution in [0.5, 0.6) is 0 Å². The number of anilines is 2. The molecule has 2 rings (SSSR count). The Kier molecular flexibility index (Phi) is 4.52. The number of nitrogens with one attached hydrogen (secondary N) is 2. The van der Waals surface area contributed by atoms with E-state index >= 15 is 0 Å². The fourth-order valence-electron chi connectivity index (χ4n) is 1.99. The zero-order chi connectivity index (χ0) is 14.5. The van der Waals surface area contributed by atoms with Gasteiger partial charge in [0.25, 0.3) is 0 Å². The molecule has 1 aromatic carbocycles. The van der Waals surface area contributed by atoms with Crippen molar-refractivity contribution < 1.29 is 14.0 Å². The Bertz CT molecular complexity index is 521. The van der Waals surface area contributed by atoms with E-state index < -0.39 is 5.82 Å². The van der Waals surface area contributed by atoms with Gasteiger partial charge in [0.2, 0.25) is 11.8 Å². The molecular formula is C13H17FN4O2. The van der Waals surface area contributed by atoms with Crippen LogP contribution < -0.4 is 16.4 Å². The molecule has 4 N–H and O–H groups in total. The Hall–Kier alpha value is -2.15. The Labute approximate surface area is 116 Å². The lowest BCUT2D eigenvalue weighted by molar-refractivity contribution is -0.125. The number of amides is 2. The van der Waals surface area contributed by atoms with Crippen molar-refractivity contribution in [2.24, 2.45) is 0 Å². The van der Waals surface area contributed by atoms with E-state index in [0.717, 1.165) is 6.54 Å². The zero-order valence-corrected chi connectivity index (χ0v) is 11.0. The van der Waals surface area contributed by atoms with Crippen molar-refractivity contribution in [1.29, 1.82) is 0 Å². The summed E-state index contributed by atoms with van der Waals surface area (Å²) in [5, 5.41) is 5.37. The predicted molar refractivity (Wildman–Crippen MR) is 73.5 cm³/mol. The first-order valence-corrected chi connectivity index (χ1v) is 6.38. The Morgan fingerprint density at radius 2 is 2.30 bits per heavy atom. The van der Waals surface area contributed by atoms with Crippen molar-refractivity contribution in [3.8, 4) is 0 Å². The first kappa shape index (κ1) is 14.3. The van der Waals surface area contributed by atoms with Gasteiger partial charge in [-0.2, -0.15) is 0 Å². The lowest BCUT2D eigenvalue weighted by atomic mass is 10.2. The van der Waals surface area contributed by atoms with Crippen LogP contribution >= 0.6 is 0 Å². The van der Waals surface area contributed by atoms with Crippen LogP contribution in [0.3, 0.4) is 0 Å². The highest BCUT2D eigenvalue weighted by Crippen LogP contribution is 2.16. The van der Waals surface area contributed by atoms with Gasteiger partial charge < -0.3 is 16.4 Å². The maximum Gasteiger partial charge on any atom is 0.234 e. The minimum absolute atomic E-state index is 0.00417. The molecule has 0 unspecified atom stereocenters. The van der Waals surface area contributed by atoms with Gasteiger partial charge in [0, 0.05) is 31.7 Å². The summed E-state index contributed by atoms with van der Waals surface area (Å²) in [6, 6.07) is 4.04. The summed E-state index contributed by atoms with van der Waals surface area (Å²) < 4.78 is 13.0. The van der Waals surface area contributed by atoms with Crippen molar-refractivity contribution >= 4 is 23.2 Å². The van der Waals surface area contributed by atoms with Crippen molar-refractivity contribution in [3.05, 3.63) is 24.0 Å². The van der Waals surface area contributed by atoms with Gasteiger partial charge in [0.15, 0.2) is 0 Å². The summed E-state index contributed by atoms with van der Waals surface area (Å²) in [7, 11) is 0. The summed E-state index contributed by atoms with van der Waals surface area (Å²) in [6.07, 6.45) is 0.268. The van der Waals surface area contributed by atoms with Gasteiger partial charge in [0.1, 0.15) is 5.82 Å². The number of benzene rings is 1. The van der Waals surface area contributed by atoms with Crippen LogP contribution in [0.4, 0.5) is 15.8 Å². The minimum atomic E-state index is -0.512. The van der Waals surface area contributed by atoms with Gasteiger partial charge in [-0.05, 0) is 18.2 Å². The number of nitrogens with zero attached hydrogens (tertiary/aromatic N) is 1. The molecule has 1 aliphatic rings. The van der Waals surface area contributed by atoms with E-state index in [1.54, 1.807) is 0 Å². The number of rotatable bonds is 4. The number of nitrogens with two attached hydrogens (primary N) is 1. The fraction of sp³-hybridized carbons (Fsp3) is 0.385. The maximum atomic E-state index is 13.0. The summed E-state index contributed by atoms with van der Waals surface area (Å²) in [6.45, 7) is 2.17. The number of hydrogen-bond donors (Lipinski definition) is 3. The second kappa shape index (κ2) is 6.33. The highest BCUT2D eigenvalue weighted by Gasteiger charge is 2.16. The van der Waals surface area contributed by atoms with Crippen LogP contribution in [0.25, 0.3) is 0 Å². The molecule has 1 fully saturated rings. The third kappa shape index (κ3) is 3.92. The second-order valence-electron chi connectivity index (χ2n) is 4.66. The van der Waals surface area contributed by atoms with Crippen LogP contribution in [0.2, 0.25) is 0 Å². The van der Waals surface area contributed by atoms with Crippen molar-refractivity contribution in [2.45, 2.75) is 6.42 Å². The molecule has 2 amide bonds. The van der Waals surface area contributed by atoms with Gasteiger partial charge in [0.05, 0.1) is 12.2 Å². The fourth-order valence-corrected chi connectivity index (χ4v) is 1.99. The number of piperazine rings is 1. The van der Waals surface area contributed by atoms with E-state index in [4.69, 9.17) is 5.73 Å². The average Bonchev–Trinajstić information content (AvgIpc) is 2.41. The zero-order valence-electron chi connectivity index (χ0n) is 11.0. The number of carbonyl (C=O) groups excluding carboxylic acids is 2. The standard InChI is InChI=1S/C13H17FN4O2/c14-10-2-1-9(7-11(10)15)17-12(19)3-5-18-6-4-16-13(20)8-18/h1-2,7H,3-6,8,15H2,(H,16,20)(H,17,19). The van der Waals surface area contributed by atoms with Gasteiger partial charge in [-0.3, -0.25) is 14.5 Å². The molecule has 1 saturated heterocycles. The van der Waals surface area contributed by atoms with E-state index in [-0.39, 0.29) is 23.9 Å². The Morgan fingerprint density at radius 1 is 1.50 bits per heavy atom. The monoisotopic (exact) mass is 280 g/mol. The molecule has 0 radical (unpaired) electrons. The predicted octanol–water partition coefficient (Wildman–Crippen LogP) is 0.168. The number of carbonyl (C=O) groups is 2. The lowest BCUT2D eigenvalue weighted by Gasteiger charge is -2.25. The van der Waals surface area contributed by atoms with Gasteiger partial charge in [-0.15, -0.1) is 0 Å². The number of halogens is 1. The minimum Gasteiger partial charge on any atom is -0.396 e. The normalized spacial score (nSPS) is 15.8. The number of hydrogen-bond acceptors (Lipinski definition) is 4. The smallest absolute Gasteiger partial charge is 0.234 e. The molecule has 1 heterocycles. The summed E-state index contributed by atoms with van der Waals surface area (Å²) in [5.74, 6) is -0.729. The van der Waals surface area contributed by atoms with E-state index in [1.807, 2.05) is 4.90 Å². The van der Waals surface area contributed by atoms with Crippen LogP contribution in [0, 0.1) is 5.82 Å². The SMILES string of the molecule is Nc1cc(NC(=O)CCN2CCNC(=O)C2)ccc1F. The van der Waals surface area contributed by atoms with Crippen molar-refractivity contribution in [2.75, 3.05) is 37.2 Å². The third-order valence-corrected chi connectivity index (χ3v) is 3.05. The van der Waals surface area contributed by atoms with E-state index in [1.165, 1.54) is 18.2 Å². The third-order valence-electron chi connectivity index (χ3n) is 3.05. The van der Waals surface area contributed by atoms with Crippen molar-refractivity contribution in [1.82, 2.24) is 10.2 Å². The molecular weight excluding hydrogens is 263 g/mol. The summed E-state index contributed by atoms with van der Waals surface area (Å²) in [5.41, 5.74) is 5.88. The Balaban J connectivity index is 1.80. The molecule has 1 aliphatic heterocycles. The number of nitrogen functional groups attached to an aromatic ring is 1. The van der Waals surface area contributed by atoms with Gasteiger partial charge in [-0.25, -0.2) is 4.39 Å². The average molecular weight is 280 g/mol. The topological polar surface area (TPSA) is 87.5 Å². The largest absolute Gasteiger partial charge is 0.396 e. The molecule has 108 valence electrons. The molecule has 1 aromatic rings. The molecule has 0 spiro atoms. The van der Waals surface area contributed by atoms with E-state index in [0.29, 0.717) is 25.3 Å². The molecule has 20 heavy (non-hydrogen) atoms. The molecule has 0 atom stereocenters. The first-order valence-electron chi connectivity index (χ1n) is 6.38. The van der Waals surface area contributed by atoms with Gasteiger partial charge >= 0.3 is 0 Å². The second-order valence-corrected chi connectivity index (χ2v) is 4.66. The Morgan fingerprint density at radius 3 is 3.00 bits per heavy atom. The molecule has 0 saturated carbocycles. The lowest BCUT2D eigenvalue weighted by Crippen LogP contribution is -2.48.